The van der Waals surface area contributed by atoms with Gasteiger partial charge in [0.05, 0.1) is 5.56 Å². The van der Waals surface area contributed by atoms with E-state index in [0.717, 1.165) is 12.1 Å². The molecule has 1 aromatic carbocycles. The van der Waals surface area contributed by atoms with E-state index in [1.165, 1.54) is 6.07 Å². The molecule has 90 valence electrons. The van der Waals surface area contributed by atoms with Gasteiger partial charge < -0.3 is 10.2 Å². The molecule has 0 unspecified atom stereocenters. The first-order chi connectivity index (χ1) is 7.88. The van der Waals surface area contributed by atoms with Crippen molar-refractivity contribution in [3.8, 4) is 11.3 Å². The summed E-state index contributed by atoms with van der Waals surface area (Å²) in [4.78, 5) is 0. The van der Waals surface area contributed by atoms with Gasteiger partial charge in [0.25, 0.3) is 0 Å². The van der Waals surface area contributed by atoms with E-state index in [1.807, 2.05) is 0 Å². The number of hydrogen-bond acceptors (Lipinski definition) is 2. The van der Waals surface area contributed by atoms with E-state index in [1.54, 1.807) is 12.1 Å². The third-order valence-electron chi connectivity index (χ3n) is 2.22. The fourth-order valence-electron chi connectivity index (χ4n) is 1.42. The number of anilines is 1. The molecule has 0 amide bonds. The van der Waals surface area contributed by atoms with Crippen molar-refractivity contribution < 1.29 is 17.6 Å². The Balaban J connectivity index is 2.45. The molecule has 0 spiro atoms. The molecule has 0 bridgehead atoms. The summed E-state index contributed by atoms with van der Waals surface area (Å²) in [7, 11) is 0. The molecule has 0 atom stereocenters. The molecule has 0 saturated carbocycles. The van der Waals surface area contributed by atoms with E-state index >= 15 is 0 Å². The van der Waals surface area contributed by atoms with E-state index in [2.05, 4.69) is 15.9 Å². The Labute approximate surface area is 103 Å². The van der Waals surface area contributed by atoms with Crippen LogP contribution < -0.4 is 5.73 Å². The van der Waals surface area contributed by atoms with Crippen molar-refractivity contribution in [2.75, 3.05) is 5.73 Å². The summed E-state index contributed by atoms with van der Waals surface area (Å²) in [6, 6.07) is 6.44. The van der Waals surface area contributed by atoms with Crippen molar-refractivity contribution in [1.29, 1.82) is 0 Å². The van der Waals surface area contributed by atoms with E-state index < -0.39 is 11.7 Å². The maximum atomic E-state index is 12.4. The molecule has 1 aromatic heterocycles. The molecule has 2 N–H and O–H groups in total. The molecular weight excluding hydrogens is 299 g/mol. The summed E-state index contributed by atoms with van der Waals surface area (Å²) in [5.74, 6) is 0.420. The summed E-state index contributed by atoms with van der Waals surface area (Å²) in [6.45, 7) is 0. The lowest BCUT2D eigenvalue weighted by Crippen LogP contribution is -2.05. The van der Waals surface area contributed by atoms with Gasteiger partial charge in [0.2, 0.25) is 0 Å². The highest BCUT2D eigenvalue weighted by molar-refractivity contribution is 9.10. The zero-order chi connectivity index (χ0) is 12.6. The summed E-state index contributed by atoms with van der Waals surface area (Å²) < 4.78 is 43.0. The number of halogens is 4. The van der Waals surface area contributed by atoms with Crippen LogP contribution in [0.3, 0.4) is 0 Å². The molecule has 0 aliphatic carbocycles. The number of hydrogen-bond donors (Lipinski definition) is 1. The fourth-order valence-corrected chi connectivity index (χ4v) is 1.73. The van der Waals surface area contributed by atoms with Crippen LogP contribution in [0.25, 0.3) is 11.3 Å². The number of nitrogen functional groups attached to an aromatic ring is 1. The van der Waals surface area contributed by atoms with Crippen molar-refractivity contribution in [1.82, 2.24) is 0 Å². The van der Waals surface area contributed by atoms with Gasteiger partial charge in [-0.25, -0.2) is 0 Å². The Morgan fingerprint density at radius 3 is 2.29 bits per heavy atom. The normalized spacial score (nSPS) is 11.8. The van der Waals surface area contributed by atoms with Gasteiger partial charge in [0, 0.05) is 11.3 Å². The average Bonchev–Trinajstić information content (AvgIpc) is 2.63. The van der Waals surface area contributed by atoms with Gasteiger partial charge in [0.1, 0.15) is 5.76 Å². The minimum Gasteiger partial charge on any atom is -0.449 e. The third kappa shape index (κ3) is 2.46. The lowest BCUT2D eigenvalue weighted by Gasteiger charge is -2.09. The minimum absolute atomic E-state index is 0.0293. The summed E-state index contributed by atoms with van der Waals surface area (Å²) in [6.07, 6.45) is -4.39. The monoisotopic (exact) mass is 305 g/mol. The van der Waals surface area contributed by atoms with Gasteiger partial charge in [-0.05, 0) is 46.3 Å². The Morgan fingerprint density at radius 2 is 1.82 bits per heavy atom. The van der Waals surface area contributed by atoms with Crippen molar-refractivity contribution in [2.45, 2.75) is 6.18 Å². The van der Waals surface area contributed by atoms with Gasteiger partial charge in [0.15, 0.2) is 4.67 Å². The quantitative estimate of drug-likeness (QED) is 0.797. The first-order valence-electron chi connectivity index (χ1n) is 4.60. The zero-order valence-electron chi connectivity index (χ0n) is 8.38. The van der Waals surface area contributed by atoms with E-state index in [0.29, 0.717) is 16.0 Å². The SMILES string of the molecule is Nc1cc(C(F)(F)F)ccc1-c1ccc(Br)o1. The van der Waals surface area contributed by atoms with Gasteiger partial charge >= 0.3 is 6.18 Å². The Bertz CT molecular complexity index is 548. The molecule has 1 heterocycles. The highest BCUT2D eigenvalue weighted by Crippen LogP contribution is 2.35. The van der Waals surface area contributed by atoms with E-state index in [-0.39, 0.29) is 5.69 Å². The Kier molecular flexibility index (Phi) is 2.91. The van der Waals surface area contributed by atoms with E-state index in [4.69, 9.17) is 10.2 Å². The van der Waals surface area contributed by atoms with Crippen LogP contribution in [0.5, 0.6) is 0 Å². The lowest BCUT2D eigenvalue weighted by atomic mass is 10.1. The average molecular weight is 306 g/mol. The second-order valence-corrected chi connectivity index (χ2v) is 4.19. The summed E-state index contributed by atoms with van der Waals surface area (Å²) in [5, 5.41) is 0. The smallest absolute Gasteiger partial charge is 0.416 e. The summed E-state index contributed by atoms with van der Waals surface area (Å²) >= 11 is 3.11. The molecule has 2 aromatic rings. The molecule has 2 nitrogen and oxygen atoms in total. The molecule has 2 rings (SSSR count). The van der Waals surface area contributed by atoms with Crippen LogP contribution in [0.4, 0.5) is 18.9 Å². The van der Waals surface area contributed by atoms with Crippen molar-refractivity contribution in [2.24, 2.45) is 0 Å². The minimum atomic E-state index is -4.39. The fraction of sp³-hybridized carbons (Fsp3) is 0.0909. The third-order valence-corrected chi connectivity index (χ3v) is 2.64. The summed E-state index contributed by atoms with van der Waals surface area (Å²) in [5.41, 5.74) is 5.27. The van der Waals surface area contributed by atoms with Crippen LogP contribution in [0.1, 0.15) is 5.56 Å². The molecule has 0 aliphatic rings. The van der Waals surface area contributed by atoms with Gasteiger partial charge in [-0.3, -0.25) is 0 Å². The van der Waals surface area contributed by atoms with Crippen LogP contribution in [-0.2, 0) is 6.18 Å². The lowest BCUT2D eigenvalue weighted by molar-refractivity contribution is -0.137. The predicted octanol–water partition coefficient (Wildman–Crippen LogP) is 4.31. The Hall–Kier alpha value is -1.43. The number of furan rings is 1. The second kappa shape index (κ2) is 4.10. The van der Waals surface area contributed by atoms with Crippen LogP contribution in [0.15, 0.2) is 39.4 Å². The van der Waals surface area contributed by atoms with Crippen LogP contribution in [-0.4, -0.2) is 0 Å². The second-order valence-electron chi connectivity index (χ2n) is 3.40. The molecule has 6 heteroatoms. The highest BCUT2D eigenvalue weighted by Gasteiger charge is 2.31. The van der Waals surface area contributed by atoms with Gasteiger partial charge in [-0.15, -0.1) is 0 Å². The largest absolute Gasteiger partial charge is 0.449 e. The van der Waals surface area contributed by atoms with E-state index in [9.17, 15) is 13.2 Å². The molecule has 0 radical (unpaired) electrons. The number of benzene rings is 1. The van der Waals surface area contributed by atoms with Crippen LogP contribution >= 0.6 is 15.9 Å². The Morgan fingerprint density at radius 1 is 1.12 bits per heavy atom. The molecule has 0 saturated heterocycles. The number of alkyl halides is 3. The zero-order valence-corrected chi connectivity index (χ0v) is 9.97. The molecule has 0 aliphatic heterocycles. The van der Waals surface area contributed by atoms with Gasteiger partial charge in [-0.1, -0.05) is 0 Å². The van der Waals surface area contributed by atoms with Crippen molar-refractivity contribution in [3.63, 3.8) is 0 Å². The topological polar surface area (TPSA) is 39.2 Å². The molecular formula is C11H7BrF3NO. The van der Waals surface area contributed by atoms with Crippen molar-refractivity contribution >= 4 is 21.6 Å². The standard InChI is InChI=1S/C11H7BrF3NO/c12-10-4-3-9(17-10)7-2-1-6(5-8(7)16)11(13,14)15/h1-5H,16H2. The van der Waals surface area contributed by atoms with Gasteiger partial charge in [-0.2, -0.15) is 13.2 Å². The van der Waals surface area contributed by atoms with Crippen LogP contribution in [0, 0.1) is 0 Å². The maximum absolute atomic E-state index is 12.4. The molecule has 17 heavy (non-hydrogen) atoms. The van der Waals surface area contributed by atoms with Crippen molar-refractivity contribution in [3.05, 3.63) is 40.6 Å². The first-order valence-corrected chi connectivity index (χ1v) is 5.39. The first kappa shape index (κ1) is 12.0. The maximum Gasteiger partial charge on any atom is 0.416 e. The number of rotatable bonds is 1. The molecule has 0 fully saturated rings. The number of nitrogens with two attached hydrogens (primary N) is 1. The highest BCUT2D eigenvalue weighted by atomic mass is 79.9. The predicted molar refractivity (Wildman–Crippen MR) is 61.3 cm³/mol. The van der Waals surface area contributed by atoms with Crippen LogP contribution in [0.2, 0.25) is 0 Å².